The van der Waals surface area contributed by atoms with Crippen molar-refractivity contribution in [1.29, 1.82) is 0 Å². The number of nitrogens with one attached hydrogen (secondary N) is 3. The Bertz CT molecular complexity index is 973. The Balaban J connectivity index is 1.77. The molecule has 29 heavy (non-hydrogen) atoms. The number of carbonyl (C=O) groups is 2. The lowest BCUT2D eigenvalue weighted by molar-refractivity contribution is -0.118. The summed E-state index contributed by atoms with van der Waals surface area (Å²) in [7, 11) is 3.02. The molecule has 0 saturated carbocycles. The van der Waals surface area contributed by atoms with Gasteiger partial charge in [-0.1, -0.05) is 26.0 Å². The Kier molecular flexibility index (Phi) is 6.01. The van der Waals surface area contributed by atoms with Gasteiger partial charge in [-0.15, -0.1) is 0 Å². The topological polar surface area (TPSA) is 105 Å². The lowest BCUT2D eigenvalue weighted by atomic mass is 10.0. The number of para-hydroxylation sites is 2. The summed E-state index contributed by atoms with van der Waals surface area (Å²) in [6, 6.07) is 11.6. The molecule has 0 unspecified atom stereocenters. The number of hydrogen-bond acceptors (Lipinski definition) is 5. The van der Waals surface area contributed by atoms with Gasteiger partial charge >= 0.3 is 0 Å². The van der Waals surface area contributed by atoms with Gasteiger partial charge in [-0.2, -0.15) is 0 Å². The van der Waals surface area contributed by atoms with Crippen molar-refractivity contribution < 1.29 is 19.1 Å². The molecule has 8 nitrogen and oxygen atoms in total. The van der Waals surface area contributed by atoms with Gasteiger partial charge in [-0.3, -0.25) is 14.9 Å². The highest BCUT2D eigenvalue weighted by Crippen LogP contribution is 2.23. The fraction of sp³-hybridized carbons (Fsp3) is 0.286. The third kappa shape index (κ3) is 4.66. The van der Waals surface area contributed by atoms with Crippen LogP contribution in [0.3, 0.4) is 0 Å². The highest BCUT2D eigenvalue weighted by Gasteiger charge is 2.26. The van der Waals surface area contributed by atoms with Gasteiger partial charge in [0, 0.05) is 11.6 Å². The molecule has 0 aliphatic carbocycles. The number of carbonyl (C=O) groups excluding carboxylic acids is 2. The molecular weight excluding hydrogens is 372 g/mol. The minimum atomic E-state index is -0.757. The fourth-order valence-electron chi connectivity index (χ4n) is 2.90. The first-order valence-electron chi connectivity index (χ1n) is 9.20. The van der Waals surface area contributed by atoms with Crippen LogP contribution in [0.2, 0.25) is 0 Å². The van der Waals surface area contributed by atoms with Crippen LogP contribution in [0.25, 0.3) is 11.0 Å². The maximum absolute atomic E-state index is 12.8. The molecule has 1 heterocycles. The van der Waals surface area contributed by atoms with Crippen LogP contribution >= 0.6 is 0 Å². The van der Waals surface area contributed by atoms with E-state index in [1.807, 2.05) is 38.1 Å². The van der Waals surface area contributed by atoms with Crippen molar-refractivity contribution in [3.05, 3.63) is 48.0 Å². The molecule has 8 heteroatoms. The molecule has 2 aromatic carbocycles. The normalized spacial score (nSPS) is 11.9. The molecule has 0 bridgehead atoms. The maximum Gasteiger partial charge on any atom is 0.252 e. The van der Waals surface area contributed by atoms with Gasteiger partial charge in [0.2, 0.25) is 11.9 Å². The third-order valence-corrected chi connectivity index (χ3v) is 4.48. The van der Waals surface area contributed by atoms with E-state index in [2.05, 4.69) is 20.6 Å². The predicted octanol–water partition coefficient (Wildman–Crippen LogP) is 2.97. The van der Waals surface area contributed by atoms with Crippen LogP contribution in [0.15, 0.2) is 42.5 Å². The van der Waals surface area contributed by atoms with E-state index in [4.69, 9.17) is 9.47 Å². The van der Waals surface area contributed by atoms with Crippen LogP contribution in [-0.4, -0.2) is 42.0 Å². The molecule has 0 aliphatic rings. The Morgan fingerprint density at radius 3 is 2.28 bits per heavy atom. The predicted molar refractivity (Wildman–Crippen MR) is 110 cm³/mol. The second-order valence-electron chi connectivity index (χ2n) is 6.89. The number of aromatic nitrogens is 2. The summed E-state index contributed by atoms with van der Waals surface area (Å²) in [5.74, 6) is 0.405. The average Bonchev–Trinajstić information content (AvgIpc) is 3.13. The largest absolute Gasteiger partial charge is 0.497 e. The maximum atomic E-state index is 12.8. The summed E-state index contributed by atoms with van der Waals surface area (Å²) < 4.78 is 10.4. The lowest BCUT2D eigenvalue weighted by Gasteiger charge is -2.21. The number of fused-ring (bicyclic) bond motifs is 1. The summed E-state index contributed by atoms with van der Waals surface area (Å²) >= 11 is 0. The van der Waals surface area contributed by atoms with Crippen molar-refractivity contribution in [2.75, 3.05) is 19.5 Å². The van der Waals surface area contributed by atoms with Gasteiger partial charge in [0.05, 0.1) is 25.3 Å². The summed E-state index contributed by atoms with van der Waals surface area (Å²) in [6.07, 6.45) is 0. The second-order valence-corrected chi connectivity index (χ2v) is 6.89. The first-order valence-corrected chi connectivity index (χ1v) is 9.20. The number of rotatable bonds is 7. The van der Waals surface area contributed by atoms with E-state index in [1.165, 1.54) is 14.2 Å². The molecule has 152 valence electrons. The zero-order chi connectivity index (χ0) is 21.0. The molecule has 1 atom stereocenters. The summed E-state index contributed by atoms with van der Waals surface area (Å²) in [4.78, 5) is 33.0. The van der Waals surface area contributed by atoms with Gasteiger partial charge in [0.1, 0.15) is 17.5 Å². The number of hydrogen-bond donors (Lipinski definition) is 3. The first kappa shape index (κ1) is 20.2. The number of nitrogens with zero attached hydrogens (tertiary/aromatic N) is 1. The average molecular weight is 396 g/mol. The highest BCUT2D eigenvalue weighted by atomic mass is 16.5. The molecule has 0 aliphatic heterocycles. The van der Waals surface area contributed by atoms with Crippen LogP contribution in [-0.2, 0) is 4.79 Å². The third-order valence-electron chi connectivity index (χ3n) is 4.48. The van der Waals surface area contributed by atoms with E-state index in [-0.39, 0.29) is 11.8 Å². The van der Waals surface area contributed by atoms with Crippen molar-refractivity contribution in [2.45, 2.75) is 19.9 Å². The number of anilines is 1. The standard InChI is InChI=1S/C21H24N4O4/c1-12(2)18(20(27)25-21-22-16-7-5-6-8-17(16)23-21)24-19(26)13-9-14(28-3)11-15(10-13)29-4/h5-12,18H,1-4H3,(H,24,26)(H2,22,23,25,27)/t18-/m0/s1. The number of ether oxygens (including phenoxy) is 2. The van der Waals surface area contributed by atoms with Gasteiger partial charge < -0.3 is 19.8 Å². The second kappa shape index (κ2) is 8.64. The van der Waals surface area contributed by atoms with E-state index in [1.54, 1.807) is 18.2 Å². The van der Waals surface area contributed by atoms with Crippen LogP contribution in [0.5, 0.6) is 11.5 Å². The van der Waals surface area contributed by atoms with Crippen LogP contribution in [0.4, 0.5) is 5.95 Å². The molecule has 3 aromatic rings. The molecule has 2 amide bonds. The minimum Gasteiger partial charge on any atom is -0.497 e. The highest BCUT2D eigenvalue weighted by molar-refractivity contribution is 6.01. The van der Waals surface area contributed by atoms with Crippen molar-refractivity contribution in [1.82, 2.24) is 15.3 Å². The molecule has 0 radical (unpaired) electrons. The molecule has 0 fully saturated rings. The number of H-pyrrole nitrogens is 1. The zero-order valence-electron chi connectivity index (χ0n) is 16.8. The SMILES string of the molecule is COc1cc(OC)cc(C(=O)N[C@H](C(=O)Nc2nc3ccccc3[nH]2)C(C)C)c1. The Morgan fingerprint density at radius 2 is 1.69 bits per heavy atom. The molecule has 0 saturated heterocycles. The van der Waals surface area contributed by atoms with Crippen molar-refractivity contribution in [3.63, 3.8) is 0 Å². The van der Waals surface area contributed by atoms with Crippen LogP contribution in [0.1, 0.15) is 24.2 Å². The molecule has 1 aromatic heterocycles. The van der Waals surface area contributed by atoms with E-state index in [9.17, 15) is 9.59 Å². The zero-order valence-corrected chi connectivity index (χ0v) is 16.8. The van der Waals surface area contributed by atoms with Crippen molar-refractivity contribution in [3.8, 4) is 11.5 Å². The van der Waals surface area contributed by atoms with Gasteiger partial charge in [0.15, 0.2) is 0 Å². The van der Waals surface area contributed by atoms with Gasteiger partial charge in [-0.05, 0) is 30.2 Å². The number of aromatic amines is 1. The van der Waals surface area contributed by atoms with Crippen molar-refractivity contribution >= 4 is 28.8 Å². The van der Waals surface area contributed by atoms with Gasteiger partial charge in [-0.25, -0.2) is 4.98 Å². The first-order chi connectivity index (χ1) is 13.9. The van der Waals surface area contributed by atoms with Gasteiger partial charge in [0.25, 0.3) is 5.91 Å². The minimum absolute atomic E-state index is 0.143. The van der Waals surface area contributed by atoms with E-state index in [0.29, 0.717) is 23.0 Å². The number of imidazole rings is 1. The molecule has 3 rings (SSSR count). The smallest absolute Gasteiger partial charge is 0.252 e. The summed E-state index contributed by atoms with van der Waals surface area (Å²) in [6.45, 7) is 3.71. The number of benzene rings is 2. The van der Waals surface area contributed by atoms with Crippen LogP contribution < -0.4 is 20.1 Å². The Labute approximate surface area is 168 Å². The quantitative estimate of drug-likeness (QED) is 0.569. The number of methoxy groups -OCH3 is 2. The Morgan fingerprint density at radius 1 is 1.03 bits per heavy atom. The molecule has 3 N–H and O–H groups in total. The van der Waals surface area contributed by atoms with Crippen LogP contribution in [0, 0.1) is 5.92 Å². The lowest BCUT2D eigenvalue weighted by Crippen LogP contribution is -2.47. The molecular formula is C21H24N4O4. The van der Waals surface area contributed by atoms with E-state index < -0.39 is 11.9 Å². The number of amides is 2. The van der Waals surface area contributed by atoms with Crippen molar-refractivity contribution in [2.24, 2.45) is 5.92 Å². The monoisotopic (exact) mass is 396 g/mol. The fourth-order valence-corrected chi connectivity index (χ4v) is 2.90. The summed E-state index contributed by atoms with van der Waals surface area (Å²) in [5, 5.41) is 5.53. The summed E-state index contributed by atoms with van der Waals surface area (Å²) in [5.41, 5.74) is 1.90. The van der Waals surface area contributed by atoms with E-state index >= 15 is 0 Å². The van der Waals surface area contributed by atoms with E-state index in [0.717, 1.165) is 11.0 Å². The molecule has 0 spiro atoms. The Hall–Kier alpha value is -3.55.